The van der Waals surface area contributed by atoms with Gasteiger partial charge in [-0.2, -0.15) is 0 Å². The summed E-state index contributed by atoms with van der Waals surface area (Å²) >= 11 is 0.825. The number of rotatable bonds is 4. The molecule has 0 aromatic carbocycles. The highest BCUT2D eigenvalue weighted by atomic mass is 32.1. The molecule has 0 saturated carbocycles. The zero-order valence-corrected chi connectivity index (χ0v) is 11.3. The summed E-state index contributed by atoms with van der Waals surface area (Å²) in [4.78, 5) is 25.0. The van der Waals surface area contributed by atoms with Crippen LogP contribution in [0.25, 0.3) is 0 Å². The van der Waals surface area contributed by atoms with Gasteiger partial charge in [0.15, 0.2) is 0 Å². The first-order valence-corrected chi connectivity index (χ1v) is 7.07. The van der Waals surface area contributed by atoms with E-state index in [2.05, 4.69) is 4.90 Å². The van der Waals surface area contributed by atoms with E-state index < -0.39 is 5.97 Å². The molecule has 0 bridgehead atoms. The van der Waals surface area contributed by atoms with Gasteiger partial charge in [-0.3, -0.25) is 4.79 Å². The third kappa shape index (κ3) is 2.81. The van der Waals surface area contributed by atoms with Gasteiger partial charge in [0.1, 0.15) is 4.88 Å². The molecule has 1 aliphatic rings. The monoisotopic (exact) mass is 270 g/mol. The van der Waals surface area contributed by atoms with Gasteiger partial charge in [-0.25, -0.2) is 4.79 Å². The number of piperidine rings is 1. The molecule has 2 rings (SSSR count). The Hall–Kier alpha value is -1.14. The molecular weight excluding hydrogens is 252 g/mol. The second-order valence-electron chi connectivity index (χ2n) is 4.64. The number of thiazole rings is 1. The van der Waals surface area contributed by atoms with Crippen molar-refractivity contribution in [3.05, 3.63) is 20.2 Å². The van der Waals surface area contributed by atoms with Gasteiger partial charge in [0, 0.05) is 18.8 Å². The minimum atomic E-state index is -1.01. The Balaban J connectivity index is 2.05. The summed E-state index contributed by atoms with van der Waals surface area (Å²) < 4.78 is 1.59. The van der Waals surface area contributed by atoms with Crippen LogP contribution in [0, 0.1) is 6.92 Å². The molecule has 5 nitrogen and oxygen atoms in total. The van der Waals surface area contributed by atoms with Crippen molar-refractivity contribution in [1.29, 1.82) is 0 Å². The highest BCUT2D eigenvalue weighted by molar-refractivity contribution is 7.11. The number of nitrogens with zero attached hydrogens (tertiary/aromatic N) is 2. The molecule has 0 aliphatic carbocycles. The Morgan fingerprint density at radius 2 is 1.94 bits per heavy atom. The first kappa shape index (κ1) is 13.3. The second-order valence-corrected chi connectivity index (χ2v) is 5.60. The van der Waals surface area contributed by atoms with E-state index in [4.69, 9.17) is 5.11 Å². The lowest BCUT2D eigenvalue weighted by atomic mass is 10.1. The maximum absolute atomic E-state index is 11.7. The number of hydrogen-bond donors (Lipinski definition) is 1. The SMILES string of the molecule is Cc1c(C(=O)O)sc(=O)n1CCN1CCCCC1. The Labute approximate surface area is 110 Å². The highest BCUT2D eigenvalue weighted by Crippen LogP contribution is 2.13. The van der Waals surface area contributed by atoms with E-state index in [0.29, 0.717) is 12.2 Å². The van der Waals surface area contributed by atoms with E-state index in [1.807, 2.05) is 0 Å². The number of likely N-dealkylation sites (tertiary alicyclic amines) is 1. The van der Waals surface area contributed by atoms with Crippen molar-refractivity contribution in [2.24, 2.45) is 0 Å². The van der Waals surface area contributed by atoms with Crippen molar-refractivity contribution in [3.8, 4) is 0 Å². The van der Waals surface area contributed by atoms with Crippen molar-refractivity contribution < 1.29 is 9.90 Å². The lowest BCUT2D eigenvalue weighted by Crippen LogP contribution is -2.34. The molecule has 6 heteroatoms. The second kappa shape index (κ2) is 5.67. The standard InChI is InChI=1S/C12H18N2O3S/c1-9-10(11(15)16)18-12(17)14(9)8-7-13-5-3-2-4-6-13/h2-8H2,1H3,(H,15,16). The minimum Gasteiger partial charge on any atom is -0.477 e. The van der Waals surface area contributed by atoms with Crippen LogP contribution in [0.3, 0.4) is 0 Å². The number of aromatic nitrogens is 1. The zero-order chi connectivity index (χ0) is 13.1. The summed E-state index contributed by atoms with van der Waals surface area (Å²) in [5.41, 5.74) is 0.578. The lowest BCUT2D eigenvalue weighted by Gasteiger charge is -2.26. The van der Waals surface area contributed by atoms with Gasteiger partial charge in [0.05, 0.1) is 0 Å². The molecule has 0 amide bonds. The maximum Gasteiger partial charge on any atom is 0.347 e. The Morgan fingerprint density at radius 3 is 2.50 bits per heavy atom. The smallest absolute Gasteiger partial charge is 0.347 e. The Morgan fingerprint density at radius 1 is 1.28 bits per heavy atom. The van der Waals surface area contributed by atoms with E-state index >= 15 is 0 Å². The van der Waals surface area contributed by atoms with E-state index in [1.165, 1.54) is 19.3 Å². The molecule has 0 radical (unpaired) electrons. The molecule has 1 saturated heterocycles. The molecule has 1 aromatic heterocycles. The first-order chi connectivity index (χ1) is 8.59. The van der Waals surface area contributed by atoms with Crippen molar-refractivity contribution in [2.45, 2.75) is 32.7 Å². The van der Waals surface area contributed by atoms with Gasteiger partial charge in [-0.15, -0.1) is 0 Å². The molecule has 0 atom stereocenters. The normalized spacial score (nSPS) is 16.9. The summed E-state index contributed by atoms with van der Waals surface area (Å²) in [7, 11) is 0. The lowest BCUT2D eigenvalue weighted by molar-refractivity contribution is 0.0700. The third-order valence-electron chi connectivity index (χ3n) is 3.43. The fraction of sp³-hybridized carbons (Fsp3) is 0.667. The van der Waals surface area contributed by atoms with E-state index in [9.17, 15) is 9.59 Å². The fourth-order valence-electron chi connectivity index (χ4n) is 2.36. The number of aromatic carboxylic acids is 1. The van der Waals surface area contributed by atoms with Crippen molar-refractivity contribution in [3.63, 3.8) is 0 Å². The van der Waals surface area contributed by atoms with Crippen LogP contribution in [0.1, 0.15) is 34.6 Å². The predicted molar refractivity (Wildman–Crippen MR) is 70.6 cm³/mol. The Bertz CT molecular complexity index is 486. The quantitative estimate of drug-likeness (QED) is 0.898. The van der Waals surface area contributed by atoms with Crippen LogP contribution in [0.15, 0.2) is 4.79 Å². The number of carboxylic acid groups (broad SMARTS) is 1. The predicted octanol–water partition coefficient (Wildman–Crippen LogP) is 1.40. The van der Waals surface area contributed by atoms with Gasteiger partial charge in [0.2, 0.25) is 0 Å². The summed E-state index contributed by atoms with van der Waals surface area (Å²) in [5.74, 6) is -1.01. The topological polar surface area (TPSA) is 62.5 Å². The molecule has 1 aliphatic heterocycles. The molecule has 100 valence electrons. The third-order valence-corrected chi connectivity index (χ3v) is 4.50. The van der Waals surface area contributed by atoms with Crippen LogP contribution < -0.4 is 4.87 Å². The van der Waals surface area contributed by atoms with Crippen LogP contribution in [0.2, 0.25) is 0 Å². The molecule has 18 heavy (non-hydrogen) atoms. The van der Waals surface area contributed by atoms with Gasteiger partial charge in [-0.05, 0) is 32.9 Å². The van der Waals surface area contributed by atoms with Gasteiger partial charge in [-0.1, -0.05) is 17.8 Å². The molecule has 0 spiro atoms. The molecule has 0 unspecified atom stereocenters. The average Bonchev–Trinajstić information content (AvgIpc) is 2.64. The van der Waals surface area contributed by atoms with Crippen LogP contribution in [0.5, 0.6) is 0 Å². The summed E-state index contributed by atoms with van der Waals surface area (Å²) in [6.07, 6.45) is 3.73. The largest absolute Gasteiger partial charge is 0.477 e. The molecule has 1 N–H and O–H groups in total. The summed E-state index contributed by atoms with van der Waals surface area (Å²) in [5, 5.41) is 8.97. The van der Waals surface area contributed by atoms with Gasteiger partial charge in [0.25, 0.3) is 0 Å². The molecule has 1 aromatic rings. The van der Waals surface area contributed by atoms with Crippen LogP contribution >= 0.6 is 11.3 Å². The summed E-state index contributed by atoms with van der Waals surface area (Å²) in [6, 6.07) is 0. The van der Waals surface area contributed by atoms with E-state index in [-0.39, 0.29) is 9.75 Å². The van der Waals surface area contributed by atoms with E-state index in [1.54, 1.807) is 11.5 Å². The van der Waals surface area contributed by atoms with E-state index in [0.717, 1.165) is 31.0 Å². The molecular formula is C12H18N2O3S. The van der Waals surface area contributed by atoms with Crippen LogP contribution in [-0.4, -0.2) is 40.2 Å². The number of carboxylic acids is 1. The van der Waals surface area contributed by atoms with Crippen molar-refractivity contribution >= 4 is 17.3 Å². The summed E-state index contributed by atoms with van der Waals surface area (Å²) in [6.45, 7) is 5.30. The fourth-order valence-corrected chi connectivity index (χ4v) is 3.22. The first-order valence-electron chi connectivity index (χ1n) is 6.25. The minimum absolute atomic E-state index is 0.165. The van der Waals surface area contributed by atoms with Gasteiger partial charge < -0.3 is 14.6 Å². The van der Waals surface area contributed by atoms with Crippen molar-refractivity contribution in [2.75, 3.05) is 19.6 Å². The van der Waals surface area contributed by atoms with Crippen LogP contribution in [-0.2, 0) is 6.54 Å². The zero-order valence-electron chi connectivity index (χ0n) is 10.5. The Kier molecular flexibility index (Phi) is 4.19. The van der Waals surface area contributed by atoms with Gasteiger partial charge >= 0.3 is 10.8 Å². The highest BCUT2D eigenvalue weighted by Gasteiger charge is 2.17. The number of carbonyl (C=O) groups is 1. The maximum atomic E-state index is 11.7. The van der Waals surface area contributed by atoms with Crippen LogP contribution in [0.4, 0.5) is 0 Å². The molecule has 2 heterocycles. The van der Waals surface area contributed by atoms with Crippen molar-refractivity contribution in [1.82, 2.24) is 9.47 Å². The average molecular weight is 270 g/mol. The number of hydrogen-bond acceptors (Lipinski definition) is 4. The molecule has 1 fully saturated rings.